The highest BCUT2D eigenvalue weighted by molar-refractivity contribution is 5.85. The van der Waals surface area contributed by atoms with Gasteiger partial charge in [-0.15, -0.1) is 0 Å². The highest BCUT2D eigenvalue weighted by Crippen LogP contribution is 2.28. The first-order valence-corrected chi connectivity index (χ1v) is 8.00. The van der Waals surface area contributed by atoms with Crippen LogP contribution in [0.15, 0.2) is 5.16 Å². The lowest BCUT2D eigenvalue weighted by molar-refractivity contribution is -0.126. The molecule has 0 saturated heterocycles. The van der Waals surface area contributed by atoms with E-state index in [4.69, 9.17) is 10.9 Å². The number of hydrogen-bond acceptors (Lipinski definition) is 3. The summed E-state index contributed by atoms with van der Waals surface area (Å²) in [4.78, 5) is 12.4. The molecular weight excluding hydrogens is 254 g/mol. The fraction of sp³-hybridized carbons (Fsp3) is 0.867. The summed E-state index contributed by atoms with van der Waals surface area (Å²) in [5.74, 6) is 0.585. The largest absolute Gasteiger partial charge is 0.409 e. The second-order valence-corrected chi connectivity index (χ2v) is 6.22. The fourth-order valence-corrected chi connectivity index (χ4v) is 3.58. The lowest BCUT2D eigenvalue weighted by Crippen LogP contribution is -2.44. The second kappa shape index (κ2) is 7.50. The summed E-state index contributed by atoms with van der Waals surface area (Å²) in [5.41, 5.74) is 5.72. The number of carbonyl (C=O) groups excluding carboxylic acids is 1. The molecule has 0 radical (unpaired) electrons. The van der Waals surface area contributed by atoms with Gasteiger partial charge in [-0.3, -0.25) is 4.79 Å². The summed E-state index contributed by atoms with van der Waals surface area (Å²) in [7, 11) is 0. The predicted molar refractivity (Wildman–Crippen MR) is 78.5 cm³/mol. The van der Waals surface area contributed by atoms with Gasteiger partial charge in [0.15, 0.2) is 0 Å². The van der Waals surface area contributed by atoms with Gasteiger partial charge in [-0.25, -0.2) is 0 Å². The van der Waals surface area contributed by atoms with Crippen LogP contribution >= 0.6 is 0 Å². The quantitative estimate of drug-likeness (QED) is 0.321. The van der Waals surface area contributed by atoms with E-state index in [2.05, 4.69) is 10.5 Å². The molecule has 2 atom stereocenters. The van der Waals surface area contributed by atoms with E-state index < -0.39 is 0 Å². The molecule has 0 aromatic rings. The summed E-state index contributed by atoms with van der Waals surface area (Å²) >= 11 is 0. The second-order valence-electron chi connectivity index (χ2n) is 6.22. The third-order valence-corrected chi connectivity index (χ3v) is 4.81. The topological polar surface area (TPSA) is 87.7 Å². The molecular formula is C15H27N3O2. The molecule has 1 amide bonds. The van der Waals surface area contributed by atoms with Gasteiger partial charge in [-0.2, -0.15) is 0 Å². The lowest BCUT2D eigenvalue weighted by atomic mass is 9.90. The van der Waals surface area contributed by atoms with Crippen molar-refractivity contribution in [1.29, 1.82) is 0 Å². The van der Waals surface area contributed by atoms with Crippen LogP contribution in [-0.4, -0.2) is 23.0 Å². The summed E-state index contributed by atoms with van der Waals surface area (Å²) in [6, 6.07) is 0.0452. The van der Waals surface area contributed by atoms with Crippen LogP contribution in [0.4, 0.5) is 0 Å². The highest BCUT2D eigenvalue weighted by atomic mass is 16.4. The monoisotopic (exact) mass is 281 g/mol. The molecule has 0 aromatic carbocycles. The number of nitrogens with one attached hydrogen (secondary N) is 1. The van der Waals surface area contributed by atoms with Crippen molar-refractivity contribution in [3.05, 3.63) is 0 Å². The van der Waals surface area contributed by atoms with Crippen molar-refractivity contribution in [2.45, 2.75) is 70.3 Å². The molecule has 114 valence electrons. The number of rotatable bonds is 3. The number of amidine groups is 1. The van der Waals surface area contributed by atoms with E-state index in [1.165, 1.54) is 19.3 Å². The van der Waals surface area contributed by atoms with Crippen LogP contribution in [0, 0.1) is 11.8 Å². The maximum atomic E-state index is 12.4. The minimum atomic E-state index is -0.00231. The van der Waals surface area contributed by atoms with Gasteiger partial charge in [0.1, 0.15) is 5.84 Å². The van der Waals surface area contributed by atoms with Crippen LogP contribution in [0.25, 0.3) is 0 Å². The summed E-state index contributed by atoms with van der Waals surface area (Å²) in [6.45, 7) is 0. The normalized spacial score (nSPS) is 29.7. The van der Waals surface area contributed by atoms with Gasteiger partial charge < -0.3 is 16.3 Å². The predicted octanol–water partition coefficient (Wildman–Crippen LogP) is 2.38. The molecule has 2 rings (SSSR count). The van der Waals surface area contributed by atoms with Gasteiger partial charge in [0.25, 0.3) is 0 Å². The molecule has 20 heavy (non-hydrogen) atoms. The van der Waals surface area contributed by atoms with Gasteiger partial charge >= 0.3 is 0 Å². The van der Waals surface area contributed by atoms with Crippen molar-refractivity contribution in [3.63, 3.8) is 0 Å². The van der Waals surface area contributed by atoms with Crippen molar-refractivity contribution >= 4 is 11.7 Å². The van der Waals surface area contributed by atoms with E-state index in [-0.39, 0.29) is 29.6 Å². The first kappa shape index (κ1) is 15.1. The Labute approximate surface area is 121 Å². The summed E-state index contributed by atoms with van der Waals surface area (Å²) in [5, 5.41) is 15.1. The maximum Gasteiger partial charge on any atom is 0.223 e. The zero-order valence-corrected chi connectivity index (χ0v) is 12.2. The Morgan fingerprint density at radius 1 is 1.00 bits per heavy atom. The Bertz CT molecular complexity index is 349. The van der Waals surface area contributed by atoms with Crippen molar-refractivity contribution in [1.82, 2.24) is 5.32 Å². The SMILES string of the molecule is NC(=NO)C1CCCC1NC(=O)C1CCCCCCC1. The zero-order valence-electron chi connectivity index (χ0n) is 12.2. The average molecular weight is 281 g/mol. The Morgan fingerprint density at radius 3 is 2.30 bits per heavy atom. The summed E-state index contributed by atoms with van der Waals surface area (Å²) < 4.78 is 0. The van der Waals surface area contributed by atoms with Crippen LogP contribution in [0.1, 0.15) is 64.2 Å². The van der Waals surface area contributed by atoms with E-state index >= 15 is 0 Å². The van der Waals surface area contributed by atoms with Crippen LogP contribution in [0.5, 0.6) is 0 Å². The molecule has 0 bridgehead atoms. The third kappa shape index (κ3) is 3.87. The first-order chi connectivity index (χ1) is 9.72. The van der Waals surface area contributed by atoms with E-state index in [0.717, 1.165) is 44.9 Å². The molecule has 0 aromatic heterocycles. The Hall–Kier alpha value is -1.26. The van der Waals surface area contributed by atoms with Gasteiger partial charge in [-0.05, 0) is 25.7 Å². The van der Waals surface area contributed by atoms with Crippen molar-refractivity contribution in [2.75, 3.05) is 0 Å². The fourth-order valence-electron chi connectivity index (χ4n) is 3.58. The molecule has 0 spiro atoms. The summed E-state index contributed by atoms with van der Waals surface area (Å²) in [6.07, 6.45) is 11.0. The zero-order chi connectivity index (χ0) is 14.4. The molecule has 5 nitrogen and oxygen atoms in total. The molecule has 0 heterocycles. The average Bonchev–Trinajstić information content (AvgIpc) is 2.85. The number of amides is 1. The van der Waals surface area contributed by atoms with Gasteiger partial charge in [-0.1, -0.05) is 43.7 Å². The number of nitrogens with two attached hydrogens (primary N) is 1. The Morgan fingerprint density at radius 2 is 1.65 bits per heavy atom. The minimum absolute atomic E-state index is 0.00231. The molecule has 2 aliphatic carbocycles. The van der Waals surface area contributed by atoms with Crippen LogP contribution < -0.4 is 11.1 Å². The van der Waals surface area contributed by atoms with Gasteiger partial charge in [0.2, 0.25) is 5.91 Å². The molecule has 0 aliphatic heterocycles. The number of hydrogen-bond donors (Lipinski definition) is 3. The molecule has 2 fully saturated rings. The minimum Gasteiger partial charge on any atom is -0.409 e. The Balaban J connectivity index is 1.89. The van der Waals surface area contributed by atoms with Crippen LogP contribution in [0.2, 0.25) is 0 Å². The van der Waals surface area contributed by atoms with E-state index in [1.54, 1.807) is 0 Å². The van der Waals surface area contributed by atoms with Crippen molar-refractivity contribution in [2.24, 2.45) is 22.7 Å². The van der Waals surface area contributed by atoms with E-state index in [9.17, 15) is 4.79 Å². The molecule has 2 saturated carbocycles. The van der Waals surface area contributed by atoms with Crippen molar-refractivity contribution in [3.8, 4) is 0 Å². The standard InChI is InChI=1S/C15H27N3O2/c16-14(18-20)12-9-6-10-13(12)17-15(19)11-7-4-2-1-3-5-8-11/h11-13,20H,1-10H2,(H2,16,18)(H,17,19). The van der Waals surface area contributed by atoms with Gasteiger partial charge in [0.05, 0.1) is 0 Å². The van der Waals surface area contributed by atoms with E-state index in [0.29, 0.717) is 0 Å². The lowest BCUT2D eigenvalue weighted by Gasteiger charge is -2.24. The molecule has 2 aliphatic rings. The maximum absolute atomic E-state index is 12.4. The number of oxime groups is 1. The Kier molecular flexibility index (Phi) is 5.68. The van der Waals surface area contributed by atoms with Crippen molar-refractivity contribution < 1.29 is 10.0 Å². The molecule has 4 N–H and O–H groups in total. The third-order valence-electron chi connectivity index (χ3n) is 4.81. The van der Waals surface area contributed by atoms with Crippen LogP contribution in [0.3, 0.4) is 0 Å². The first-order valence-electron chi connectivity index (χ1n) is 8.00. The molecule has 2 unspecified atom stereocenters. The van der Waals surface area contributed by atoms with Crippen LogP contribution in [-0.2, 0) is 4.79 Å². The number of carbonyl (C=O) groups is 1. The van der Waals surface area contributed by atoms with E-state index in [1.807, 2.05) is 0 Å². The number of nitrogens with zero attached hydrogens (tertiary/aromatic N) is 1. The van der Waals surface area contributed by atoms with Gasteiger partial charge in [0, 0.05) is 17.9 Å². The smallest absolute Gasteiger partial charge is 0.223 e. The highest BCUT2D eigenvalue weighted by Gasteiger charge is 2.33. The molecule has 5 heteroatoms.